The normalized spacial score (nSPS) is 10.4. The Bertz CT molecular complexity index is 428. The molecule has 0 aromatic heterocycles. The van der Waals surface area contributed by atoms with Crippen LogP contribution in [0, 0.1) is 6.92 Å². The molecule has 0 spiro atoms. The molecule has 1 N–H and O–H groups in total. The lowest BCUT2D eigenvalue weighted by molar-refractivity contribution is 0.203. The highest BCUT2D eigenvalue weighted by atomic mass is 16.6. The molecular formula is C12H17N3O2. The molecule has 0 fully saturated rings. The number of ether oxygens (including phenoxy) is 1. The van der Waals surface area contributed by atoms with Crippen LogP contribution in [-0.4, -0.2) is 38.5 Å². The molecule has 1 aromatic carbocycles. The monoisotopic (exact) mass is 235 g/mol. The molecule has 0 atom stereocenters. The van der Waals surface area contributed by atoms with Crippen molar-refractivity contribution in [2.45, 2.75) is 6.92 Å². The van der Waals surface area contributed by atoms with Crippen molar-refractivity contribution in [3.05, 3.63) is 23.8 Å². The fourth-order valence-corrected chi connectivity index (χ4v) is 1.14. The van der Waals surface area contributed by atoms with Crippen molar-refractivity contribution in [3.63, 3.8) is 0 Å². The van der Waals surface area contributed by atoms with Gasteiger partial charge in [0, 0.05) is 21.1 Å². The molecule has 0 saturated heterocycles. The highest BCUT2D eigenvalue weighted by Crippen LogP contribution is 2.28. The molecule has 0 heterocycles. The minimum atomic E-state index is -0.503. The number of carbonyl (C=O) groups is 1. The maximum Gasteiger partial charge on any atom is 0.412 e. The van der Waals surface area contributed by atoms with Gasteiger partial charge in [0.25, 0.3) is 0 Å². The Hall–Kier alpha value is -2.04. The first-order chi connectivity index (χ1) is 8.02. The molecule has 0 aliphatic carbocycles. The predicted octanol–water partition coefficient (Wildman–Crippen LogP) is 1.93. The standard InChI is InChI=1S/C12H17N3O2/c1-9-5-6-10(14-8-15(3)4)11(7-9)17-12(16)13-2/h5-8H,1-4H3,(H,13,16). The van der Waals surface area contributed by atoms with Gasteiger partial charge in [-0.25, -0.2) is 9.79 Å². The fourth-order valence-electron chi connectivity index (χ4n) is 1.14. The van der Waals surface area contributed by atoms with Gasteiger partial charge in [-0.1, -0.05) is 6.07 Å². The van der Waals surface area contributed by atoms with E-state index in [9.17, 15) is 4.79 Å². The zero-order chi connectivity index (χ0) is 12.8. The number of rotatable bonds is 3. The summed E-state index contributed by atoms with van der Waals surface area (Å²) in [4.78, 5) is 17.2. The number of nitrogens with one attached hydrogen (secondary N) is 1. The van der Waals surface area contributed by atoms with Gasteiger partial charge >= 0.3 is 6.09 Å². The first-order valence-electron chi connectivity index (χ1n) is 5.23. The molecule has 1 rings (SSSR count). The number of amides is 1. The maximum absolute atomic E-state index is 11.2. The highest BCUT2D eigenvalue weighted by molar-refractivity contribution is 5.74. The van der Waals surface area contributed by atoms with Crippen LogP contribution in [0.1, 0.15) is 5.56 Å². The Kier molecular flexibility index (Phi) is 4.51. The van der Waals surface area contributed by atoms with Gasteiger partial charge in [-0.3, -0.25) is 0 Å². The fraction of sp³-hybridized carbons (Fsp3) is 0.333. The van der Waals surface area contributed by atoms with Crippen LogP contribution >= 0.6 is 0 Å². The molecular weight excluding hydrogens is 218 g/mol. The zero-order valence-corrected chi connectivity index (χ0v) is 10.5. The van der Waals surface area contributed by atoms with Crippen LogP contribution in [-0.2, 0) is 0 Å². The van der Waals surface area contributed by atoms with Gasteiger partial charge < -0.3 is 15.0 Å². The van der Waals surface area contributed by atoms with Gasteiger partial charge in [0.15, 0.2) is 5.75 Å². The van der Waals surface area contributed by atoms with Crippen LogP contribution in [0.4, 0.5) is 10.5 Å². The van der Waals surface area contributed by atoms with Crippen molar-refractivity contribution in [3.8, 4) is 5.75 Å². The lowest BCUT2D eigenvalue weighted by Gasteiger charge is -2.08. The summed E-state index contributed by atoms with van der Waals surface area (Å²) >= 11 is 0. The Morgan fingerprint density at radius 3 is 2.76 bits per heavy atom. The largest absolute Gasteiger partial charge is 0.412 e. The van der Waals surface area contributed by atoms with E-state index in [0.717, 1.165) is 5.56 Å². The van der Waals surface area contributed by atoms with Crippen molar-refractivity contribution >= 4 is 18.1 Å². The van der Waals surface area contributed by atoms with Crippen LogP contribution < -0.4 is 10.1 Å². The second-order valence-electron chi connectivity index (χ2n) is 3.82. The molecule has 92 valence electrons. The first kappa shape index (κ1) is 13.0. The zero-order valence-electron chi connectivity index (χ0n) is 10.5. The molecule has 1 amide bonds. The van der Waals surface area contributed by atoms with E-state index >= 15 is 0 Å². The summed E-state index contributed by atoms with van der Waals surface area (Å²) in [6.45, 7) is 1.93. The first-order valence-corrected chi connectivity index (χ1v) is 5.23. The summed E-state index contributed by atoms with van der Waals surface area (Å²) in [6.07, 6.45) is 1.15. The van der Waals surface area contributed by atoms with Crippen molar-refractivity contribution in [1.29, 1.82) is 0 Å². The summed E-state index contributed by atoms with van der Waals surface area (Å²) in [5.74, 6) is 0.447. The van der Waals surface area contributed by atoms with Gasteiger partial charge in [0.1, 0.15) is 5.69 Å². The number of carbonyl (C=O) groups excluding carboxylic acids is 1. The van der Waals surface area contributed by atoms with Crippen LogP contribution in [0.15, 0.2) is 23.2 Å². The maximum atomic E-state index is 11.2. The van der Waals surface area contributed by atoms with Crippen molar-refractivity contribution in [1.82, 2.24) is 10.2 Å². The molecule has 0 unspecified atom stereocenters. The van der Waals surface area contributed by atoms with E-state index < -0.39 is 6.09 Å². The quantitative estimate of drug-likeness (QED) is 0.643. The predicted molar refractivity (Wildman–Crippen MR) is 68.1 cm³/mol. The summed E-state index contributed by atoms with van der Waals surface area (Å²) in [5.41, 5.74) is 1.63. The number of hydrogen-bond donors (Lipinski definition) is 1. The Balaban J connectivity index is 2.99. The molecule has 5 nitrogen and oxygen atoms in total. The molecule has 0 aliphatic heterocycles. The molecule has 1 aromatic rings. The Morgan fingerprint density at radius 2 is 2.18 bits per heavy atom. The van der Waals surface area contributed by atoms with Gasteiger partial charge in [-0.15, -0.1) is 0 Å². The van der Waals surface area contributed by atoms with Gasteiger partial charge in [0.2, 0.25) is 0 Å². The lowest BCUT2D eigenvalue weighted by Crippen LogP contribution is -2.22. The van der Waals surface area contributed by atoms with Crippen molar-refractivity contribution in [2.24, 2.45) is 4.99 Å². The van der Waals surface area contributed by atoms with E-state index in [4.69, 9.17) is 4.74 Å². The number of benzene rings is 1. The third-order valence-corrected chi connectivity index (χ3v) is 1.95. The van der Waals surface area contributed by atoms with Crippen LogP contribution in [0.2, 0.25) is 0 Å². The van der Waals surface area contributed by atoms with Gasteiger partial charge in [0.05, 0.1) is 6.34 Å². The lowest BCUT2D eigenvalue weighted by atomic mass is 10.2. The Labute approximate surface area is 101 Å². The third-order valence-electron chi connectivity index (χ3n) is 1.95. The van der Waals surface area contributed by atoms with E-state index in [1.807, 2.05) is 38.1 Å². The average molecular weight is 235 g/mol. The van der Waals surface area contributed by atoms with E-state index in [1.165, 1.54) is 7.05 Å². The Morgan fingerprint density at radius 1 is 1.47 bits per heavy atom. The van der Waals surface area contributed by atoms with Crippen LogP contribution in [0.5, 0.6) is 5.75 Å². The summed E-state index contributed by atoms with van der Waals surface area (Å²) in [7, 11) is 5.26. The van der Waals surface area contributed by atoms with E-state index in [0.29, 0.717) is 11.4 Å². The molecule has 5 heteroatoms. The number of aliphatic imine (C=N–C) groups is 1. The second-order valence-corrected chi connectivity index (χ2v) is 3.82. The average Bonchev–Trinajstić information content (AvgIpc) is 2.27. The molecule has 0 saturated carbocycles. The third kappa shape index (κ3) is 4.14. The number of hydrogen-bond acceptors (Lipinski definition) is 3. The molecule has 0 aliphatic rings. The van der Waals surface area contributed by atoms with E-state index in [2.05, 4.69) is 10.3 Å². The van der Waals surface area contributed by atoms with Crippen molar-refractivity contribution in [2.75, 3.05) is 21.1 Å². The summed E-state index contributed by atoms with van der Waals surface area (Å²) in [6, 6.07) is 5.50. The number of aryl methyl sites for hydroxylation is 1. The molecule has 0 bridgehead atoms. The summed E-state index contributed by atoms with van der Waals surface area (Å²) < 4.78 is 5.13. The van der Waals surface area contributed by atoms with Crippen LogP contribution in [0.25, 0.3) is 0 Å². The minimum Gasteiger partial charge on any atom is -0.408 e. The van der Waals surface area contributed by atoms with Gasteiger partial charge in [-0.05, 0) is 24.6 Å². The smallest absolute Gasteiger partial charge is 0.408 e. The molecule has 0 radical (unpaired) electrons. The van der Waals surface area contributed by atoms with E-state index in [-0.39, 0.29) is 0 Å². The topological polar surface area (TPSA) is 53.9 Å². The second kappa shape index (κ2) is 5.89. The highest BCUT2D eigenvalue weighted by Gasteiger charge is 2.07. The van der Waals surface area contributed by atoms with Crippen molar-refractivity contribution < 1.29 is 9.53 Å². The number of nitrogens with zero attached hydrogens (tertiary/aromatic N) is 2. The molecule has 17 heavy (non-hydrogen) atoms. The summed E-state index contributed by atoms with van der Waals surface area (Å²) in [5, 5.41) is 2.40. The van der Waals surface area contributed by atoms with E-state index in [1.54, 1.807) is 12.4 Å². The van der Waals surface area contributed by atoms with Crippen LogP contribution in [0.3, 0.4) is 0 Å². The van der Waals surface area contributed by atoms with Gasteiger partial charge in [-0.2, -0.15) is 0 Å². The minimum absolute atomic E-state index is 0.447. The SMILES string of the molecule is CNC(=O)Oc1cc(C)ccc1N=CN(C)C.